The molecule has 0 spiro atoms. The van der Waals surface area contributed by atoms with Crippen molar-refractivity contribution in [2.75, 3.05) is 7.11 Å². The maximum absolute atomic E-state index is 4.87. The molecule has 0 aliphatic heterocycles. The lowest BCUT2D eigenvalue weighted by Gasteiger charge is -1.98. The van der Waals surface area contributed by atoms with E-state index < -0.39 is 0 Å². The molecule has 0 atom stereocenters. The van der Waals surface area contributed by atoms with Crippen LogP contribution in [0.15, 0.2) is 24.5 Å². The summed E-state index contributed by atoms with van der Waals surface area (Å²) < 4.78 is 4.87. The van der Waals surface area contributed by atoms with E-state index in [2.05, 4.69) is 25.2 Å². The third-order valence-electron chi connectivity index (χ3n) is 3.61. The van der Waals surface area contributed by atoms with E-state index in [0.29, 0.717) is 0 Å². The Balaban J connectivity index is 3.07. The molecule has 0 aliphatic carbocycles. The molecule has 0 aromatic carbocycles. The van der Waals surface area contributed by atoms with Crippen molar-refractivity contribution in [3.63, 3.8) is 0 Å². The minimum absolute atomic E-state index is 1.15. The normalized spacial score (nSPS) is 11.7. The first-order chi connectivity index (χ1) is 9.91. The Labute approximate surface area is 127 Å². The largest absolute Gasteiger partial charge is 0.505 e. The molecule has 0 amide bonds. The summed E-state index contributed by atoms with van der Waals surface area (Å²) in [6, 6.07) is 0. The molecule has 0 fully saturated rings. The van der Waals surface area contributed by atoms with Crippen molar-refractivity contribution in [1.82, 2.24) is 0 Å². The van der Waals surface area contributed by atoms with E-state index in [4.69, 9.17) is 4.74 Å². The van der Waals surface area contributed by atoms with Gasteiger partial charge in [0, 0.05) is 0 Å². The third kappa shape index (κ3) is 17.3. The summed E-state index contributed by atoms with van der Waals surface area (Å²) in [5.74, 6) is 0. The first-order valence-corrected chi connectivity index (χ1v) is 8.74. The zero-order valence-corrected chi connectivity index (χ0v) is 13.9. The van der Waals surface area contributed by atoms with Crippen LogP contribution < -0.4 is 0 Å². The Morgan fingerprint density at radius 1 is 0.600 bits per heavy atom. The van der Waals surface area contributed by atoms with Crippen LogP contribution in [0.25, 0.3) is 0 Å². The van der Waals surface area contributed by atoms with Crippen molar-refractivity contribution in [2.45, 2.75) is 90.4 Å². The lowest BCUT2D eigenvalue weighted by atomic mass is 10.1. The predicted molar refractivity (Wildman–Crippen MR) is 91.0 cm³/mol. The van der Waals surface area contributed by atoms with E-state index in [9.17, 15) is 0 Å². The molecule has 0 unspecified atom stereocenters. The summed E-state index contributed by atoms with van der Waals surface area (Å²) in [6.45, 7) is 2.28. The number of unbranched alkanes of at least 4 members (excludes halogenated alkanes) is 11. The van der Waals surface area contributed by atoms with Crippen molar-refractivity contribution >= 4 is 0 Å². The minimum atomic E-state index is 1.15. The highest BCUT2D eigenvalue weighted by atomic mass is 16.5. The molecular formula is C19H36O. The molecule has 0 N–H and O–H groups in total. The smallest absolute Gasteiger partial charge is 0.0784 e. The van der Waals surface area contributed by atoms with Crippen molar-refractivity contribution in [2.24, 2.45) is 0 Å². The zero-order chi connectivity index (χ0) is 14.7. The van der Waals surface area contributed by atoms with E-state index in [0.717, 1.165) is 6.42 Å². The van der Waals surface area contributed by atoms with E-state index in [1.807, 2.05) is 0 Å². The van der Waals surface area contributed by atoms with E-state index in [1.165, 1.54) is 77.0 Å². The molecule has 0 aromatic rings. The van der Waals surface area contributed by atoms with Gasteiger partial charge < -0.3 is 4.74 Å². The molecule has 0 aliphatic rings. The quantitative estimate of drug-likeness (QED) is 0.182. The Morgan fingerprint density at radius 2 is 1.05 bits per heavy atom. The van der Waals surface area contributed by atoms with E-state index in [1.54, 1.807) is 13.4 Å². The van der Waals surface area contributed by atoms with Crippen LogP contribution in [0, 0.1) is 0 Å². The Morgan fingerprint density at radius 3 is 1.55 bits per heavy atom. The second kappa shape index (κ2) is 18.3. The Bertz CT molecular complexity index is 218. The lowest BCUT2D eigenvalue weighted by Crippen LogP contribution is -1.79. The van der Waals surface area contributed by atoms with E-state index in [-0.39, 0.29) is 0 Å². The van der Waals surface area contributed by atoms with Crippen LogP contribution in [0.4, 0.5) is 0 Å². The van der Waals surface area contributed by atoms with Gasteiger partial charge in [-0.2, -0.15) is 0 Å². The summed E-state index contributed by atoms with van der Waals surface area (Å²) in [4.78, 5) is 0. The molecule has 0 saturated heterocycles. The van der Waals surface area contributed by atoms with Gasteiger partial charge in [0.2, 0.25) is 0 Å². The highest BCUT2D eigenvalue weighted by Crippen LogP contribution is 2.09. The number of rotatable bonds is 15. The van der Waals surface area contributed by atoms with Crippen LogP contribution in [-0.4, -0.2) is 7.11 Å². The van der Waals surface area contributed by atoms with Gasteiger partial charge in [0.15, 0.2) is 0 Å². The van der Waals surface area contributed by atoms with Crippen LogP contribution in [-0.2, 0) is 4.74 Å². The molecule has 0 aromatic heterocycles. The number of hydrogen-bond acceptors (Lipinski definition) is 1. The number of methoxy groups -OCH3 is 1. The van der Waals surface area contributed by atoms with Crippen LogP contribution in [0.2, 0.25) is 0 Å². The summed E-state index contributed by atoms with van der Waals surface area (Å²) in [5, 5.41) is 0. The molecule has 0 saturated carbocycles. The first kappa shape index (κ1) is 19.3. The standard InChI is InChI=1S/C19H36O/c1-3-4-5-6-7-8-9-10-11-12-13-14-15-16-17-18-19-20-2/h10-11,18-19H,3-9,12-17H2,1-2H3/b11-10-,19-18+. The molecule has 0 radical (unpaired) electrons. The minimum Gasteiger partial charge on any atom is -0.505 e. The molecule has 1 heteroatoms. The summed E-state index contributed by atoms with van der Waals surface area (Å²) in [7, 11) is 1.70. The van der Waals surface area contributed by atoms with Gasteiger partial charge in [0.1, 0.15) is 0 Å². The van der Waals surface area contributed by atoms with Gasteiger partial charge in [-0.05, 0) is 44.6 Å². The number of allylic oxidation sites excluding steroid dienone is 3. The molecule has 118 valence electrons. The maximum Gasteiger partial charge on any atom is 0.0784 e. The van der Waals surface area contributed by atoms with Gasteiger partial charge in [-0.1, -0.05) is 64.0 Å². The summed E-state index contributed by atoms with van der Waals surface area (Å²) >= 11 is 0. The van der Waals surface area contributed by atoms with Crippen molar-refractivity contribution in [1.29, 1.82) is 0 Å². The number of hydrogen-bond donors (Lipinski definition) is 0. The second-order valence-electron chi connectivity index (χ2n) is 5.63. The highest BCUT2D eigenvalue weighted by molar-refractivity contribution is 4.81. The van der Waals surface area contributed by atoms with Gasteiger partial charge in [0.05, 0.1) is 13.4 Å². The monoisotopic (exact) mass is 280 g/mol. The maximum atomic E-state index is 4.87. The fourth-order valence-corrected chi connectivity index (χ4v) is 2.32. The SMILES string of the molecule is CCCCCCCC/C=C\CCCCCC/C=C/OC. The third-order valence-corrected chi connectivity index (χ3v) is 3.61. The van der Waals surface area contributed by atoms with Gasteiger partial charge in [-0.15, -0.1) is 0 Å². The zero-order valence-electron chi connectivity index (χ0n) is 13.9. The van der Waals surface area contributed by atoms with Crippen LogP contribution >= 0.6 is 0 Å². The second-order valence-corrected chi connectivity index (χ2v) is 5.63. The Hall–Kier alpha value is -0.720. The van der Waals surface area contributed by atoms with Crippen molar-refractivity contribution < 1.29 is 4.74 Å². The fourth-order valence-electron chi connectivity index (χ4n) is 2.32. The van der Waals surface area contributed by atoms with Crippen LogP contribution in [0.5, 0.6) is 0 Å². The first-order valence-electron chi connectivity index (χ1n) is 8.74. The van der Waals surface area contributed by atoms with Crippen molar-refractivity contribution in [3.05, 3.63) is 24.5 Å². The summed E-state index contributed by atoms with van der Waals surface area (Å²) in [6.07, 6.45) is 26.1. The fraction of sp³-hybridized carbons (Fsp3) is 0.789. The Kier molecular flexibility index (Phi) is 17.6. The molecule has 0 rings (SSSR count). The van der Waals surface area contributed by atoms with Gasteiger partial charge in [-0.25, -0.2) is 0 Å². The van der Waals surface area contributed by atoms with Crippen molar-refractivity contribution in [3.8, 4) is 0 Å². The average Bonchev–Trinajstić information content (AvgIpc) is 2.47. The molecular weight excluding hydrogens is 244 g/mol. The van der Waals surface area contributed by atoms with E-state index >= 15 is 0 Å². The van der Waals surface area contributed by atoms with Crippen LogP contribution in [0.1, 0.15) is 90.4 Å². The molecule has 0 heterocycles. The predicted octanol–water partition coefficient (Wildman–Crippen LogP) is 6.79. The van der Waals surface area contributed by atoms with Gasteiger partial charge in [0.25, 0.3) is 0 Å². The lowest BCUT2D eigenvalue weighted by molar-refractivity contribution is 0.336. The average molecular weight is 280 g/mol. The molecule has 20 heavy (non-hydrogen) atoms. The molecule has 0 bridgehead atoms. The topological polar surface area (TPSA) is 9.23 Å². The molecule has 1 nitrogen and oxygen atoms in total. The van der Waals surface area contributed by atoms with Gasteiger partial charge in [-0.3, -0.25) is 0 Å². The summed E-state index contributed by atoms with van der Waals surface area (Å²) in [5.41, 5.74) is 0. The highest BCUT2D eigenvalue weighted by Gasteiger charge is 1.89. The van der Waals surface area contributed by atoms with Crippen LogP contribution in [0.3, 0.4) is 0 Å². The number of ether oxygens (including phenoxy) is 1. The van der Waals surface area contributed by atoms with Gasteiger partial charge >= 0.3 is 0 Å².